The van der Waals surface area contributed by atoms with Crippen LogP contribution in [0.4, 0.5) is 0 Å². The average molecular weight is 419 g/mol. The maximum absolute atomic E-state index is 12.1. The van der Waals surface area contributed by atoms with Crippen molar-refractivity contribution in [2.75, 3.05) is 39.4 Å². The lowest BCUT2D eigenvalue weighted by Crippen LogP contribution is -2.39. The largest absolute Gasteiger partial charge is 0.508 e. The van der Waals surface area contributed by atoms with Crippen LogP contribution in [-0.2, 0) is 4.74 Å². The second-order valence-electron chi connectivity index (χ2n) is 7.94. The van der Waals surface area contributed by atoms with Crippen molar-refractivity contribution in [3.8, 4) is 5.75 Å². The lowest BCUT2D eigenvalue weighted by Gasteiger charge is -2.27. The summed E-state index contributed by atoms with van der Waals surface area (Å²) in [6.07, 6.45) is 6.87. The topological polar surface area (TPSA) is 95.0 Å². The number of hydrogen-bond acceptors (Lipinski definition) is 4. The number of amides is 1. The molecule has 1 aliphatic carbocycles. The maximum atomic E-state index is 12.1. The Labute approximate surface area is 180 Å². The average Bonchev–Trinajstić information content (AvgIpc) is 3.21. The third-order valence-corrected chi connectivity index (χ3v) is 5.60. The first-order chi connectivity index (χ1) is 14.6. The zero-order valence-corrected chi connectivity index (χ0v) is 18.5. The Kier molecular flexibility index (Phi) is 10.5. The second-order valence-corrected chi connectivity index (χ2v) is 7.94. The van der Waals surface area contributed by atoms with Crippen LogP contribution in [0.25, 0.3) is 0 Å². The van der Waals surface area contributed by atoms with Crippen molar-refractivity contribution < 1.29 is 14.6 Å². The Hall–Kier alpha value is -2.28. The Balaban J connectivity index is 1.75. The van der Waals surface area contributed by atoms with Gasteiger partial charge in [-0.1, -0.05) is 18.9 Å². The summed E-state index contributed by atoms with van der Waals surface area (Å²) < 4.78 is 5.60. The quantitative estimate of drug-likeness (QED) is 0.238. The summed E-state index contributed by atoms with van der Waals surface area (Å²) >= 11 is 0. The van der Waals surface area contributed by atoms with Crippen molar-refractivity contribution in [3.63, 3.8) is 0 Å². The molecule has 0 saturated heterocycles. The van der Waals surface area contributed by atoms with Crippen LogP contribution in [0.5, 0.6) is 5.75 Å². The summed E-state index contributed by atoms with van der Waals surface area (Å²) in [5.74, 6) is 0.751. The molecule has 0 heterocycles. The summed E-state index contributed by atoms with van der Waals surface area (Å²) in [6.45, 7) is 8.60. The fraction of sp³-hybridized carbons (Fsp3) is 0.652. The third kappa shape index (κ3) is 8.22. The first-order valence-corrected chi connectivity index (χ1v) is 11.3. The van der Waals surface area contributed by atoms with Crippen molar-refractivity contribution in [2.24, 2.45) is 10.4 Å². The zero-order chi connectivity index (χ0) is 21.7. The van der Waals surface area contributed by atoms with Crippen molar-refractivity contribution in [3.05, 3.63) is 29.8 Å². The Morgan fingerprint density at radius 2 is 1.93 bits per heavy atom. The van der Waals surface area contributed by atoms with Gasteiger partial charge in [0.05, 0.1) is 0 Å². The highest BCUT2D eigenvalue weighted by Crippen LogP contribution is 2.41. The van der Waals surface area contributed by atoms with Gasteiger partial charge >= 0.3 is 0 Å². The monoisotopic (exact) mass is 418 g/mol. The van der Waals surface area contributed by atoms with E-state index in [9.17, 15) is 9.90 Å². The highest BCUT2D eigenvalue weighted by molar-refractivity contribution is 5.94. The number of nitrogens with zero attached hydrogens (tertiary/aromatic N) is 1. The molecule has 0 aromatic heterocycles. The van der Waals surface area contributed by atoms with Crippen molar-refractivity contribution >= 4 is 11.9 Å². The van der Waals surface area contributed by atoms with Gasteiger partial charge in [0.15, 0.2) is 5.96 Å². The zero-order valence-electron chi connectivity index (χ0n) is 18.5. The molecule has 7 nitrogen and oxygen atoms in total. The minimum atomic E-state index is -0.177. The predicted molar refractivity (Wildman–Crippen MR) is 121 cm³/mol. The number of aliphatic imine (C=N–C) groups is 1. The molecular formula is C23H38N4O3. The number of guanidine groups is 1. The van der Waals surface area contributed by atoms with Crippen LogP contribution in [0.2, 0.25) is 0 Å². The van der Waals surface area contributed by atoms with E-state index in [4.69, 9.17) is 9.73 Å². The number of carbonyl (C=O) groups excluding carboxylic acids is 1. The van der Waals surface area contributed by atoms with Gasteiger partial charge in [-0.15, -0.1) is 0 Å². The van der Waals surface area contributed by atoms with Gasteiger partial charge in [0.2, 0.25) is 0 Å². The Morgan fingerprint density at radius 3 is 2.63 bits per heavy atom. The number of phenols is 1. The molecule has 0 unspecified atom stereocenters. The molecule has 0 atom stereocenters. The van der Waals surface area contributed by atoms with E-state index in [-0.39, 0.29) is 17.1 Å². The molecule has 30 heavy (non-hydrogen) atoms. The van der Waals surface area contributed by atoms with E-state index in [0.29, 0.717) is 12.1 Å². The first kappa shape index (κ1) is 24.0. The SMILES string of the molecule is CCNC(=NCC1(CCOCC)CCCC1)NCCCNC(=O)c1cccc(O)c1. The molecule has 0 spiro atoms. The van der Waals surface area contributed by atoms with Gasteiger partial charge in [-0.05, 0) is 63.1 Å². The fourth-order valence-electron chi connectivity index (χ4n) is 3.88. The van der Waals surface area contributed by atoms with Crippen LogP contribution >= 0.6 is 0 Å². The summed E-state index contributed by atoms with van der Waals surface area (Å²) in [5.41, 5.74) is 0.735. The van der Waals surface area contributed by atoms with Crippen LogP contribution in [-0.4, -0.2) is 56.4 Å². The lowest BCUT2D eigenvalue weighted by atomic mass is 9.83. The number of ether oxygens (including phenoxy) is 1. The number of carbonyl (C=O) groups is 1. The molecule has 0 aliphatic heterocycles. The Morgan fingerprint density at radius 1 is 1.17 bits per heavy atom. The highest BCUT2D eigenvalue weighted by Gasteiger charge is 2.33. The molecule has 168 valence electrons. The molecule has 1 aromatic carbocycles. The summed E-state index contributed by atoms with van der Waals surface area (Å²) in [5, 5.41) is 19.0. The number of aromatic hydroxyl groups is 1. The summed E-state index contributed by atoms with van der Waals surface area (Å²) in [7, 11) is 0. The third-order valence-electron chi connectivity index (χ3n) is 5.60. The van der Waals surface area contributed by atoms with Crippen LogP contribution < -0.4 is 16.0 Å². The van der Waals surface area contributed by atoms with Crippen LogP contribution in [0.15, 0.2) is 29.3 Å². The van der Waals surface area contributed by atoms with Crippen molar-refractivity contribution in [1.29, 1.82) is 0 Å². The number of benzene rings is 1. The second kappa shape index (κ2) is 13.1. The number of rotatable bonds is 12. The first-order valence-electron chi connectivity index (χ1n) is 11.3. The minimum absolute atomic E-state index is 0.0945. The van der Waals surface area contributed by atoms with Gasteiger partial charge in [0.1, 0.15) is 5.75 Å². The van der Waals surface area contributed by atoms with E-state index in [1.807, 2.05) is 6.92 Å². The van der Waals surface area contributed by atoms with Crippen LogP contribution in [0.3, 0.4) is 0 Å². The standard InChI is InChI=1S/C23H38N4O3/c1-3-24-22(27-18-23(11-5-6-12-23)13-16-30-4-2)26-15-8-14-25-21(29)19-9-7-10-20(28)17-19/h7,9-10,17,28H,3-6,8,11-16,18H2,1-2H3,(H,25,29)(H2,24,26,27). The molecule has 1 saturated carbocycles. The van der Waals surface area contributed by atoms with Gasteiger partial charge in [-0.3, -0.25) is 9.79 Å². The van der Waals surface area contributed by atoms with Crippen molar-refractivity contribution in [1.82, 2.24) is 16.0 Å². The van der Waals surface area contributed by atoms with E-state index >= 15 is 0 Å². The maximum Gasteiger partial charge on any atom is 0.251 e. The van der Waals surface area contributed by atoms with E-state index < -0.39 is 0 Å². The van der Waals surface area contributed by atoms with E-state index in [2.05, 4.69) is 22.9 Å². The fourth-order valence-corrected chi connectivity index (χ4v) is 3.88. The molecule has 1 aromatic rings. The smallest absolute Gasteiger partial charge is 0.251 e. The van der Waals surface area contributed by atoms with Gasteiger partial charge in [0, 0.05) is 45.0 Å². The molecular weight excluding hydrogens is 380 g/mol. The summed E-state index contributed by atoms with van der Waals surface area (Å²) in [4.78, 5) is 17.0. The number of nitrogens with one attached hydrogen (secondary N) is 3. The van der Waals surface area contributed by atoms with Crippen LogP contribution in [0, 0.1) is 5.41 Å². The molecule has 1 fully saturated rings. The van der Waals surface area contributed by atoms with Gasteiger partial charge < -0.3 is 25.8 Å². The normalized spacial score (nSPS) is 15.7. The van der Waals surface area contributed by atoms with Crippen molar-refractivity contribution in [2.45, 2.75) is 52.4 Å². The highest BCUT2D eigenvalue weighted by atomic mass is 16.5. The molecule has 1 aliphatic rings. The van der Waals surface area contributed by atoms with E-state index in [0.717, 1.165) is 51.6 Å². The molecule has 0 bridgehead atoms. The Bertz CT molecular complexity index is 672. The molecule has 2 rings (SSSR count). The predicted octanol–water partition coefficient (Wildman–Crippen LogP) is 3.05. The lowest BCUT2D eigenvalue weighted by molar-refractivity contribution is 0.0953. The van der Waals surface area contributed by atoms with E-state index in [1.54, 1.807) is 18.2 Å². The van der Waals surface area contributed by atoms with Gasteiger partial charge in [-0.2, -0.15) is 0 Å². The van der Waals surface area contributed by atoms with Crippen LogP contribution in [0.1, 0.15) is 62.7 Å². The minimum Gasteiger partial charge on any atom is -0.508 e. The van der Waals surface area contributed by atoms with Gasteiger partial charge in [0.25, 0.3) is 5.91 Å². The molecule has 1 amide bonds. The summed E-state index contributed by atoms with van der Waals surface area (Å²) in [6, 6.07) is 6.37. The molecule has 0 radical (unpaired) electrons. The number of phenolic OH excluding ortho intramolecular Hbond substituents is 1. The number of hydrogen-bond donors (Lipinski definition) is 4. The van der Waals surface area contributed by atoms with E-state index in [1.165, 1.54) is 31.7 Å². The molecule has 4 N–H and O–H groups in total. The molecule has 7 heteroatoms. The van der Waals surface area contributed by atoms with Gasteiger partial charge in [-0.25, -0.2) is 0 Å².